The quantitative estimate of drug-likeness (QED) is 0.595. The molecule has 0 fully saturated rings. The van der Waals surface area contributed by atoms with E-state index in [2.05, 4.69) is 11.1 Å². The van der Waals surface area contributed by atoms with Crippen molar-refractivity contribution in [2.45, 2.75) is 0 Å². The van der Waals surface area contributed by atoms with E-state index in [4.69, 9.17) is 4.42 Å². The number of benzene rings is 1. The summed E-state index contributed by atoms with van der Waals surface area (Å²) in [5, 5.41) is 1.15. The number of aliphatic imine (C=N–C) groups is 1. The first-order chi connectivity index (χ1) is 6.45. The Morgan fingerprint density at radius 1 is 1.15 bits per heavy atom. The van der Waals surface area contributed by atoms with Gasteiger partial charge in [0.1, 0.15) is 11.8 Å². The molecule has 1 aromatic heterocycles. The van der Waals surface area contributed by atoms with Gasteiger partial charge in [0.2, 0.25) is 0 Å². The van der Waals surface area contributed by atoms with Crippen LogP contribution in [0.3, 0.4) is 0 Å². The maximum absolute atomic E-state index is 5.39. The first kappa shape index (κ1) is 6.66. The number of nitrogens with zero attached hydrogens (tertiary/aromatic N) is 1. The summed E-state index contributed by atoms with van der Waals surface area (Å²) in [6.45, 7) is 0. The van der Waals surface area contributed by atoms with Gasteiger partial charge in [0.15, 0.2) is 0 Å². The molecule has 0 spiro atoms. The average Bonchev–Trinajstić information content (AvgIpc) is 2.44. The van der Waals surface area contributed by atoms with E-state index >= 15 is 0 Å². The Bertz CT molecular complexity index is 520. The molecule has 2 aromatic rings. The molecule has 2 heteroatoms. The maximum atomic E-state index is 5.39. The van der Waals surface area contributed by atoms with Crippen LogP contribution in [-0.2, 0) is 0 Å². The Labute approximate surface area is 75.2 Å². The minimum absolute atomic E-state index is 0.922. The van der Waals surface area contributed by atoms with Gasteiger partial charge in [-0.25, -0.2) is 0 Å². The van der Waals surface area contributed by atoms with Gasteiger partial charge in [0, 0.05) is 23.4 Å². The Kier molecular flexibility index (Phi) is 1.19. The molecule has 0 aliphatic carbocycles. The molecule has 3 rings (SSSR count). The molecule has 2 nitrogen and oxygen atoms in total. The highest BCUT2D eigenvalue weighted by molar-refractivity contribution is 6.03. The summed E-state index contributed by atoms with van der Waals surface area (Å²) < 4.78 is 5.39. The van der Waals surface area contributed by atoms with E-state index in [1.54, 1.807) is 12.5 Å². The lowest BCUT2D eigenvalue weighted by Gasteiger charge is -1.93. The van der Waals surface area contributed by atoms with E-state index in [0.29, 0.717) is 0 Å². The van der Waals surface area contributed by atoms with E-state index in [1.807, 2.05) is 24.4 Å². The molecule has 0 saturated carbocycles. The monoisotopic (exact) mass is 169 g/mol. The summed E-state index contributed by atoms with van der Waals surface area (Å²) in [6.07, 6.45) is 7.35. The van der Waals surface area contributed by atoms with Gasteiger partial charge in [-0.05, 0) is 17.7 Å². The van der Waals surface area contributed by atoms with Gasteiger partial charge >= 0.3 is 0 Å². The summed E-state index contributed by atoms with van der Waals surface area (Å²) in [4.78, 5) is 4.12. The molecule has 0 bridgehead atoms. The molecule has 1 aliphatic rings. The van der Waals surface area contributed by atoms with Gasteiger partial charge in [-0.3, -0.25) is 4.99 Å². The van der Waals surface area contributed by atoms with Crippen LogP contribution in [0.15, 0.2) is 40.1 Å². The molecule has 1 aliphatic heterocycles. The van der Waals surface area contributed by atoms with Crippen LogP contribution < -0.4 is 0 Å². The van der Waals surface area contributed by atoms with Crippen molar-refractivity contribution in [2.24, 2.45) is 4.99 Å². The number of hydrogen-bond donors (Lipinski definition) is 0. The van der Waals surface area contributed by atoms with Gasteiger partial charge in [-0.2, -0.15) is 0 Å². The minimum Gasteiger partial charge on any atom is -0.464 e. The predicted octanol–water partition coefficient (Wildman–Crippen LogP) is 2.84. The number of furan rings is 1. The van der Waals surface area contributed by atoms with Crippen LogP contribution >= 0.6 is 0 Å². The molecule has 13 heavy (non-hydrogen) atoms. The average molecular weight is 169 g/mol. The lowest BCUT2D eigenvalue weighted by molar-refractivity contribution is 0.615. The Morgan fingerprint density at radius 3 is 3.15 bits per heavy atom. The molecule has 2 heterocycles. The topological polar surface area (TPSA) is 25.5 Å². The van der Waals surface area contributed by atoms with E-state index in [9.17, 15) is 0 Å². The standard InChI is InChI=1S/C11H7NO/c1-2-8-4-5-12-6-9-7-13-10(3-1)11(8)9/h1-7H. The lowest BCUT2D eigenvalue weighted by atomic mass is 10.1. The lowest BCUT2D eigenvalue weighted by Crippen LogP contribution is -1.77. The zero-order chi connectivity index (χ0) is 8.67. The summed E-state index contributed by atoms with van der Waals surface area (Å²) >= 11 is 0. The van der Waals surface area contributed by atoms with Crippen LogP contribution in [0.25, 0.3) is 17.0 Å². The summed E-state index contributed by atoms with van der Waals surface area (Å²) in [6, 6.07) is 6.02. The zero-order valence-corrected chi connectivity index (χ0v) is 6.90. The smallest absolute Gasteiger partial charge is 0.135 e. The second-order valence-corrected chi connectivity index (χ2v) is 3.01. The van der Waals surface area contributed by atoms with E-state index in [0.717, 1.165) is 16.5 Å². The molecule has 0 atom stereocenters. The van der Waals surface area contributed by atoms with Gasteiger partial charge < -0.3 is 4.42 Å². The number of hydrogen-bond acceptors (Lipinski definition) is 2. The normalized spacial score (nSPS) is 13.5. The van der Waals surface area contributed by atoms with Crippen molar-refractivity contribution in [1.29, 1.82) is 0 Å². The Morgan fingerprint density at radius 2 is 2.15 bits per heavy atom. The predicted molar refractivity (Wildman–Crippen MR) is 52.8 cm³/mol. The van der Waals surface area contributed by atoms with E-state index in [1.165, 1.54) is 5.56 Å². The van der Waals surface area contributed by atoms with Gasteiger partial charge in [-0.15, -0.1) is 0 Å². The third-order valence-corrected chi connectivity index (χ3v) is 2.21. The second kappa shape index (κ2) is 2.33. The molecule has 0 radical (unpaired) electrons. The SMILES string of the molecule is C1=Cc2cccc3occ(c23)C=N1. The molecular weight excluding hydrogens is 162 g/mol. The van der Waals surface area contributed by atoms with Crippen molar-refractivity contribution in [3.05, 3.63) is 41.8 Å². The third kappa shape index (κ3) is 0.855. The van der Waals surface area contributed by atoms with E-state index < -0.39 is 0 Å². The highest BCUT2D eigenvalue weighted by atomic mass is 16.3. The third-order valence-electron chi connectivity index (χ3n) is 2.21. The highest BCUT2D eigenvalue weighted by Gasteiger charge is 2.07. The van der Waals surface area contributed by atoms with Crippen molar-refractivity contribution in [1.82, 2.24) is 0 Å². The molecule has 1 aromatic carbocycles. The van der Waals surface area contributed by atoms with Crippen LogP contribution in [0, 0.1) is 0 Å². The second-order valence-electron chi connectivity index (χ2n) is 3.01. The largest absolute Gasteiger partial charge is 0.464 e. The van der Waals surface area contributed by atoms with Crippen LogP contribution in [-0.4, -0.2) is 6.21 Å². The van der Waals surface area contributed by atoms with Crippen molar-refractivity contribution in [2.75, 3.05) is 0 Å². The first-order valence-electron chi connectivity index (χ1n) is 4.15. The van der Waals surface area contributed by atoms with Crippen LogP contribution in [0.4, 0.5) is 0 Å². The van der Waals surface area contributed by atoms with Gasteiger partial charge in [0.25, 0.3) is 0 Å². The summed E-state index contributed by atoms with van der Waals surface area (Å²) in [5.74, 6) is 0. The fourth-order valence-corrected chi connectivity index (χ4v) is 1.62. The zero-order valence-electron chi connectivity index (χ0n) is 6.90. The van der Waals surface area contributed by atoms with Crippen LogP contribution in [0.1, 0.15) is 11.1 Å². The van der Waals surface area contributed by atoms with Gasteiger partial charge in [0.05, 0.1) is 0 Å². The van der Waals surface area contributed by atoms with Crippen LogP contribution in [0.2, 0.25) is 0 Å². The van der Waals surface area contributed by atoms with Crippen molar-refractivity contribution in [3.8, 4) is 0 Å². The summed E-state index contributed by atoms with van der Waals surface area (Å²) in [5.41, 5.74) is 3.14. The Hall–Kier alpha value is -1.83. The molecule has 0 N–H and O–H groups in total. The van der Waals surface area contributed by atoms with Crippen molar-refractivity contribution < 1.29 is 4.42 Å². The first-order valence-corrected chi connectivity index (χ1v) is 4.15. The fraction of sp³-hybridized carbons (Fsp3) is 0. The molecule has 0 amide bonds. The maximum Gasteiger partial charge on any atom is 0.135 e. The highest BCUT2D eigenvalue weighted by Crippen LogP contribution is 2.26. The minimum atomic E-state index is 0.922. The fourth-order valence-electron chi connectivity index (χ4n) is 1.62. The van der Waals surface area contributed by atoms with Gasteiger partial charge in [-0.1, -0.05) is 12.1 Å². The van der Waals surface area contributed by atoms with E-state index in [-0.39, 0.29) is 0 Å². The molecular formula is C11H7NO. The summed E-state index contributed by atoms with van der Waals surface area (Å²) in [7, 11) is 0. The number of rotatable bonds is 0. The van der Waals surface area contributed by atoms with Crippen LogP contribution in [0.5, 0.6) is 0 Å². The molecule has 62 valence electrons. The van der Waals surface area contributed by atoms with Crippen molar-refractivity contribution >= 4 is 23.3 Å². The Balaban J connectivity index is 2.56. The molecule has 0 saturated heterocycles. The van der Waals surface area contributed by atoms with Crippen molar-refractivity contribution in [3.63, 3.8) is 0 Å². The molecule has 0 unspecified atom stereocenters.